The number of nitrogens with zero attached hydrogens (tertiary/aromatic N) is 1. The molecular weight excluding hydrogens is 406 g/mol. The zero-order valence-corrected chi connectivity index (χ0v) is 19.1. The summed E-state index contributed by atoms with van der Waals surface area (Å²) in [5.41, 5.74) is 6.83. The monoisotopic (exact) mass is 437 g/mol. The Hall–Kier alpha value is -3.07. The SMILES string of the molecule is O=C(OCc1ccccc1)N1CCC23CCCC[C@@H]2[C@H]1Cc1ccc(-c2ccccc2)cc13. The first-order valence-corrected chi connectivity index (χ1v) is 12.4. The molecule has 0 radical (unpaired) electrons. The van der Waals surface area contributed by atoms with E-state index in [2.05, 4.69) is 53.4 Å². The number of fused-ring (bicyclic) bond motifs is 1. The van der Waals surface area contributed by atoms with Gasteiger partial charge in [-0.25, -0.2) is 4.79 Å². The maximum atomic E-state index is 13.2. The van der Waals surface area contributed by atoms with Gasteiger partial charge in [-0.05, 0) is 59.4 Å². The van der Waals surface area contributed by atoms with Gasteiger partial charge in [-0.3, -0.25) is 0 Å². The van der Waals surface area contributed by atoms with E-state index in [1.54, 1.807) is 5.56 Å². The van der Waals surface area contributed by atoms with E-state index in [4.69, 9.17) is 4.74 Å². The van der Waals surface area contributed by atoms with E-state index in [-0.39, 0.29) is 17.6 Å². The molecule has 3 nitrogen and oxygen atoms in total. The van der Waals surface area contributed by atoms with E-state index < -0.39 is 0 Å². The Balaban J connectivity index is 1.31. The van der Waals surface area contributed by atoms with Crippen LogP contribution in [0.15, 0.2) is 78.9 Å². The van der Waals surface area contributed by atoms with Crippen LogP contribution < -0.4 is 0 Å². The summed E-state index contributed by atoms with van der Waals surface area (Å²) in [4.78, 5) is 15.3. The first-order chi connectivity index (χ1) is 16.2. The average molecular weight is 438 g/mol. The molecule has 0 aromatic heterocycles. The summed E-state index contributed by atoms with van der Waals surface area (Å²) < 4.78 is 5.79. The normalized spacial score (nSPS) is 25.6. The Labute approximate surface area is 196 Å². The molecule has 3 aliphatic rings. The molecule has 2 bridgehead atoms. The number of carbonyl (C=O) groups excluding carboxylic acids is 1. The number of hydrogen-bond acceptors (Lipinski definition) is 2. The van der Waals surface area contributed by atoms with Gasteiger partial charge < -0.3 is 9.64 Å². The second-order valence-corrected chi connectivity index (χ2v) is 10.0. The minimum atomic E-state index is -0.146. The summed E-state index contributed by atoms with van der Waals surface area (Å²) in [6, 6.07) is 28.0. The van der Waals surface area contributed by atoms with E-state index in [1.165, 1.54) is 42.4 Å². The Bertz CT molecular complexity index is 1140. The molecule has 3 aromatic carbocycles. The van der Waals surface area contributed by atoms with Gasteiger partial charge in [-0.15, -0.1) is 0 Å². The van der Waals surface area contributed by atoms with E-state index in [0.29, 0.717) is 12.5 Å². The highest BCUT2D eigenvalue weighted by atomic mass is 16.6. The summed E-state index contributed by atoms with van der Waals surface area (Å²) in [6.07, 6.45) is 6.85. The fourth-order valence-corrected chi connectivity index (χ4v) is 6.84. The van der Waals surface area contributed by atoms with Crippen molar-refractivity contribution in [2.75, 3.05) is 6.54 Å². The van der Waals surface area contributed by atoms with Gasteiger partial charge in [-0.2, -0.15) is 0 Å². The zero-order valence-electron chi connectivity index (χ0n) is 19.1. The maximum absolute atomic E-state index is 13.2. The third kappa shape index (κ3) is 3.55. The highest BCUT2D eigenvalue weighted by Gasteiger charge is 2.55. The molecular formula is C30H31NO2. The van der Waals surface area contributed by atoms with Gasteiger partial charge in [-0.1, -0.05) is 91.7 Å². The summed E-state index contributed by atoms with van der Waals surface area (Å²) in [5, 5.41) is 0. The first-order valence-electron chi connectivity index (χ1n) is 12.4. The lowest BCUT2D eigenvalue weighted by atomic mass is 9.52. The van der Waals surface area contributed by atoms with Gasteiger partial charge in [0.15, 0.2) is 0 Å². The zero-order chi connectivity index (χ0) is 22.3. The molecule has 33 heavy (non-hydrogen) atoms. The highest BCUT2D eigenvalue weighted by Crippen LogP contribution is 2.56. The molecule has 0 N–H and O–H groups in total. The molecule has 1 heterocycles. The lowest BCUT2D eigenvalue weighted by molar-refractivity contribution is -0.0136. The first kappa shape index (κ1) is 20.5. The number of amides is 1. The molecule has 3 atom stereocenters. The van der Waals surface area contributed by atoms with Gasteiger partial charge in [0.05, 0.1) is 0 Å². The Kier molecular flexibility index (Phi) is 5.21. The molecule has 6 rings (SSSR count). The van der Waals surface area contributed by atoms with Crippen LogP contribution in [-0.2, 0) is 23.2 Å². The third-order valence-electron chi connectivity index (χ3n) is 8.38. The minimum Gasteiger partial charge on any atom is -0.445 e. The largest absolute Gasteiger partial charge is 0.445 e. The molecule has 1 saturated carbocycles. The highest BCUT2D eigenvalue weighted by molar-refractivity contribution is 5.70. The molecule has 1 saturated heterocycles. The Morgan fingerprint density at radius 1 is 0.909 bits per heavy atom. The van der Waals surface area contributed by atoms with Crippen LogP contribution in [0.25, 0.3) is 11.1 Å². The van der Waals surface area contributed by atoms with E-state index in [0.717, 1.165) is 24.9 Å². The molecule has 2 aliphatic carbocycles. The maximum Gasteiger partial charge on any atom is 0.410 e. The number of ether oxygens (including phenoxy) is 1. The fourth-order valence-electron chi connectivity index (χ4n) is 6.84. The van der Waals surface area contributed by atoms with Crippen LogP contribution in [0.5, 0.6) is 0 Å². The van der Waals surface area contributed by atoms with E-state index >= 15 is 0 Å². The lowest BCUT2D eigenvalue weighted by Crippen LogP contribution is -2.62. The molecule has 0 spiro atoms. The summed E-state index contributed by atoms with van der Waals surface area (Å²) in [7, 11) is 0. The van der Waals surface area contributed by atoms with Gasteiger partial charge >= 0.3 is 6.09 Å². The van der Waals surface area contributed by atoms with Crippen molar-refractivity contribution in [3.63, 3.8) is 0 Å². The number of carbonyl (C=O) groups is 1. The molecule has 1 aliphatic heterocycles. The van der Waals surface area contributed by atoms with Gasteiger partial charge in [0.25, 0.3) is 0 Å². The van der Waals surface area contributed by atoms with E-state index in [9.17, 15) is 4.79 Å². The van der Waals surface area contributed by atoms with Crippen LogP contribution in [-0.4, -0.2) is 23.6 Å². The van der Waals surface area contributed by atoms with Crippen LogP contribution >= 0.6 is 0 Å². The van der Waals surface area contributed by atoms with Crippen LogP contribution in [0.1, 0.15) is 48.8 Å². The molecule has 1 amide bonds. The quantitative estimate of drug-likeness (QED) is 0.454. The number of rotatable bonds is 3. The Morgan fingerprint density at radius 2 is 1.70 bits per heavy atom. The van der Waals surface area contributed by atoms with Crippen molar-refractivity contribution >= 4 is 6.09 Å². The van der Waals surface area contributed by atoms with Crippen LogP contribution in [0, 0.1) is 5.92 Å². The topological polar surface area (TPSA) is 29.5 Å². The van der Waals surface area contributed by atoms with Gasteiger partial charge in [0.2, 0.25) is 0 Å². The van der Waals surface area contributed by atoms with Crippen LogP contribution in [0.2, 0.25) is 0 Å². The molecule has 3 heteroatoms. The van der Waals surface area contributed by atoms with Gasteiger partial charge in [0, 0.05) is 18.0 Å². The fraction of sp³-hybridized carbons (Fsp3) is 0.367. The van der Waals surface area contributed by atoms with E-state index in [1.807, 2.05) is 30.3 Å². The summed E-state index contributed by atoms with van der Waals surface area (Å²) in [6.45, 7) is 1.14. The summed E-state index contributed by atoms with van der Waals surface area (Å²) >= 11 is 0. The second kappa shape index (κ2) is 8.37. The lowest BCUT2D eigenvalue weighted by Gasteiger charge is -2.58. The van der Waals surface area contributed by atoms with Crippen molar-refractivity contribution in [1.29, 1.82) is 0 Å². The molecule has 1 unspecified atom stereocenters. The average Bonchev–Trinajstić information content (AvgIpc) is 2.88. The van der Waals surface area contributed by atoms with Gasteiger partial charge in [0.1, 0.15) is 6.61 Å². The van der Waals surface area contributed by atoms with Crippen molar-refractivity contribution in [3.05, 3.63) is 95.6 Å². The number of likely N-dealkylation sites (tertiary alicyclic amines) is 1. The minimum absolute atomic E-state index is 0.146. The molecule has 3 aromatic rings. The van der Waals surface area contributed by atoms with Crippen molar-refractivity contribution in [3.8, 4) is 11.1 Å². The predicted octanol–water partition coefficient (Wildman–Crippen LogP) is 6.75. The van der Waals surface area contributed by atoms with Crippen LogP contribution in [0.3, 0.4) is 0 Å². The standard InChI is InChI=1S/C30H31NO2/c32-29(33-21-22-9-3-1-4-10-22)31-18-17-30-16-8-7-13-26(30)28(31)20-25-15-14-24(19-27(25)30)23-11-5-2-6-12-23/h1-6,9-12,14-15,19,26,28H,7-8,13,16-18,20-21H2/t26-,28-,30?/m1/s1. The number of piperidine rings is 1. The van der Waals surface area contributed by atoms with Crippen molar-refractivity contribution in [2.45, 2.75) is 56.6 Å². The van der Waals surface area contributed by atoms with Crippen LogP contribution in [0.4, 0.5) is 4.79 Å². The predicted molar refractivity (Wildman–Crippen MR) is 131 cm³/mol. The Morgan fingerprint density at radius 3 is 2.52 bits per heavy atom. The molecule has 168 valence electrons. The second-order valence-electron chi connectivity index (χ2n) is 10.0. The molecule has 2 fully saturated rings. The smallest absolute Gasteiger partial charge is 0.410 e. The number of hydrogen-bond donors (Lipinski definition) is 0. The van der Waals surface area contributed by atoms with Crippen molar-refractivity contribution in [2.24, 2.45) is 5.92 Å². The van der Waals surface area contributed by atoms with Crippen molar-refractivity contribution < 1.29 is 9.53 Å². The third-order valence-corrected chi connectivity index (χ3v) is 8.38. The van der Waals surface area contributed by atoms with Crippen molar-refractivity contribution in [1.82, 2.24) is 4.90 Å². The summed E-state index contributed by atoms with van der Waals surface area (Å²) in [5.74, 6) is 0.530. The number of benzene rings is 3.